The van der Waals surface area contributed by atoms with Crippen molar-refractivity contribution in [2.75, 3.05) is 6.61 Å². The molecule has 1 unspecified atom stereocenters. The quantitative estimate of drug-likeness (QED) is 0.349. The Labute approximate surface area is 176 Å². The number of esters is 1. The number of rotatable bonds is 4. The summed E-state index contributed by atoms with van der Waals surface area (Å²) in [4.78, 5) is 12.6. The van der Waals surface area contributed by atoms with E-state index in [2.05, 4.69) is 0 Å². The fraction of sp³-hybridized carbons (Fsp3) is 0.208. The molecule has 3 aromatic carbocycles. The minimum atomic E-state index is -3.04. The highest BCUT2D eigenvalue weighted by atomic mass is 35.5. The van der Waals surface area contributed by atoms with Crippen LogP contribution in [0.1, 0.15) is 26.3 Å². The zero-order valence-electron chi connectivity index (χ0n) is 16.6. The summed E-state index contributed by atoms with van der Waals surface area (Å²) in [5.74, 6) is -0.334. The summed E-state index contributed by atoms with van der Waals surface area (Å²) in [6.45, 7) is 5.69. The molecule has 1 heterocycles. The van der Waals surface area contributed by atoms with Crippen LogP contribution in [0.5, 0.6) is 0 Å². The molecule has 0 N–H and O–H groups in total. The second-order valence-corrected chi connectivity index (χ2v) is 10.8. The van der Waals surface area contributed by atoms with Gasteiger partial charge in [-0.3, -0.25) is 4.79 Å². The first-order valence-electron chi connectivity index (χ1n) is 9.59. The molecule has 29 heavy (non-hydrogen) atoms. The lowest BCUT2D eigenvalue weighted by Crippen LogP contribution is -2.32. The first-order valence-corrected chi connectivity index (χ1v) is 11.7. The fourth-order valence-corrected chi connectivity index (χ4v) is 7.51. The minimum Gasteiger partial charge on any atom is -0.465 e. The molecule has 0 spiro atoms. The van der Waals surface area contributed by atoms with E-state index < -0.39 is 12.6 Å². The molecule has 0 bridgehead atoms. The molecule has 148 valence electrons. The van der Waals surface area contributed by atoms with Crippen LogP contribution >= 0.6 is 18.7 Å². The third-order valence-corrected chi connectivity index (χ3v) is 8.99. The number of fused-ring (bicyclic) bond motifs is 3. The predicted molar refractivity (Wildman–Crippen MR) is 119 cm³/mol. The van der Waals surface area contributed by atoms with Crippen molar-refractivity contribution in [3.05, 3.63) is 77.3 Å². The Morgan fingerprint density at radius 3 is 2.31 bits per heavy atom. The molecule has 3 aromatic rings. The molecule has 1 aliphatic heterocycles. The van der Waals surface area contributed by atoms with Gasteiger partial charge in [-0.05, 0) is 49.6 Å². The van der Waals surface area contributed by atoms with Crippen LogP contribution < -0.4 is 15.9 Å². The maximum Gasteiger partial charge on any atom is 0.316 e. The van der Waals surface area contributed by atoms with Crippen molar-refractivity contribution in [2.45, 2.75) is 26.2 Å². The lowest BCUT2D eigenvalue weighted by atomic mass is 9.83. The first-order chi connectivity index (χ1) is 13.8. The molecular formula is C24H22ClO3P. The van der Waals surface area contributed by atoms with Crippen LogP contribution in [0.15, 0.2) is 66.7 Å². The molecule has 0 fully saturated rings. The average Bonchev–Trinajstić information content (AvgIpc) is 2.97. The number of ether oxygens (including phenoxy) is 1. The van der Waals surface area contributed by atoms with Gasteiger partial charge >= 0.3 is 5.97 Å². The zero-order chi connectivity index (χ0) is 20.8. The zero-order valence-corrected chi connectivity index (χ0v) is 18.3. The van der Waals surface area contributed by atoms with Crippen LogP contribution in [-0.4, -0.2) is 12.6 Å². The number of hydrogen-bond acceptors (Lipinski definition) is 3. The molecule has 0 aliphatic carbocycles. The lowest BCUT2D eigenvalue weighted by Gasteiger charge is -2.25. The second-order valence-electron chi connectivity index (χ2n) is 7.66. The van der Waals surface area contributed by atoms with E-state index in [1.165, 1.54) is 0 Å². The van der Waals surface area contributed by atoms with Crippen LogP contribution in [0, 0.1) is 0 Å². The van der Waals surface area contributed by atoms with Gasteiger partial charge < -0.3 is 9.30 Å². The number of hydrogen-bond donors (Lipinski definition) is 0. The highest BCUT2D eigenvalue weighted by Gasteiger charge is 2.42. The van der Waals surface area contributed by atoms with Crippen molar-refractivity contribution in [1.29, 1.82) is 0 Å². The molecule has 0 amide bonds. The van der Waals surface area contributed by atoms with Crippen molar-refractivity contribution < 1.29 is 14.1 Å². The summed E-state index contributed by atoms with van der Waals surface area (Å²) in [6, 6.07) is 20.9. The topological polar surface area (TPSA) is 43.4 Å². The maximum atomic E-state index is 14.5. The highest BCUT2D eigenvalue weighted by molar-refractivity contribution is 7.86. The van der Waals surface area contributed by atoms with E-state index in [0.717, 1.165) is 27.0 Å². The van der Waals surface area contributed by atoms with Crippen LogP contribution in [0.25, 0.3) is 11.1 Å². The van der Waals surface area contributed by atoms with Crippen LogP contribution in [-0.2, 0) is 19.5 Å². The van der Waals surface area contributed by atoms with Gasteiger partial charge in [0.2, 0.25) is 0 Å². The third kappa shape index (κ3) is 2.96. The molecule has 0 aromatic heterocycles. The van der Waals surface area contributed by atoms with Gasteiger partial charge in [0, 0.05) is 20.9 Å². The van der Waals surface area contributed by atoms with Crippen molar-refractivity contribution in [2.24, 2.45) is 0 Å². The van der Waals surface area contributed by atoms with E-state index in [1.54, 1.807) is 26.8 Å². The highest BCUT2D eigenvalue weighted by Crippen LogP contribution is 2.53. The van der Waals surface area contributed by atoms with Crippen LogP contribution in [0.2, 0.25) is 5.02 Å². The predicted octanol–water partition coefficient (Wildman–Crippen LogP) is 4.80. The van der Waals surface area contributed by atoms with E-state index in [1.807, 2.05) is 60.7 Å². The standard InChI is InChI=1S/C24H22ClO3P/c1-4-28-23(26)24(2,3)19-14-18-17-12-8-9-13-21(17)29(27,22(18)15-20(19)25)16-10-6-5-7-11-16/h5-15H,4H2,1-3H3. The van der Waals surface area contributed by atoms with Gasteiger partial charge in [0.25, 0.3) is 0 Å². The summed E-state index contributed by atoms with van der Waals surface area (Å²) in [6.07, 6.45) is 0. The Bertz CT molecular complexity index is 1150. The molecule has 4 rings (SSSR count). The van der Waals surface area contributed by atoms with Gasteiger partial charge in [-0.2, -0.15) is 0 Å². The Morgan fingerprint density at radius 2 is 1.62 bits per heavy atom. The van der Waals surface area contributed by atoms with Crippen molar-refractivity contribution in [3.8, 4) is 11.1 Å². The molecule has 0 saturated carbocycles. The van der Waals surface area contributed by atoms with E-state index >= 15 is 0 Å². The minimum absolute atomic E-state index is 0.302. The normalized spacial score (nSPS) is 17.5. The van der Waals surface area contributed by atoms with Crippen molar-refractivity contribution in [1.82, 2.24) is 0 Å². The monoisotopic (exact) mass is 424 g/mol. The smallest absolute Gasteiger partial charge is 0.316 e. The number of halogens is 1. The third-order valence-electron chi connectivity index (χ3n) is 5.54. The van der Waals surface area contributed by atoms with E-state index in [4.69, 9.17) is 16.3 Å². The summed E-state index contributed by atoms with van der Waals surface area (Å²) in [5.41, 5.74) is 1.54. The first kappa shape index (κ1) is 19.9. The molecule has 0 radical (unpaired) electrons. The van der Waals surface area contributed by atoms with Gasteiger partial charge in [0.1, 0.15) is 0 Å². The molecule has 3 nitrogen and oxygen atoms in total. The van der Waals surface area contributed by atoms with Crippen LogP contribution in [0.4, 0.5) is 0 Å². The van der Waals surface area contributed by atoms with Gasteiger partial charge in [-0.1, -0.05) is 66.2 Å². The van der Waals surface area contributed by atoms with Crippen molar-refractivity contribution >= 4 is 40.6 Å². The number of benzene rings is 3. The summed E-state index contributed by atoms with van der Waals surface area (Å²) >= 11 is 6.67. The van der Waals surface area contributed by atoms with E-state index in [9.17, 15) is 9.36 Å². The summed E-state index contributed by atoms with van der Waals surface area (Å²) in [5, 5.41) is 2.73. The molecular weight excluding hydrogens is 403 g/mol. The largest absolute Gasteiger partial charge is 0.465 e. The van der Waals surface area contributed by atoms with Gasteiger partial charge in [0.15, 0.2) is 7.14 Å². The van der Waals surface area contributed by atoms with E-state index in [0.29, 0.717) is 17.2 Å². The Kier molecular flexibility index (Phi) is 4.93. The van der Waals surface area contributed by atoms with E-state index in [-0.39, 0.29) is 5.97 Å². The SMILES string of the molecule is CCOC(=O)C(C)(C)c1cc2c(cc1Cl)P(=O)(c1ccccc1)c1ccccc1-2. The van der Waals surface area contributed by atoms with Crippen LogP contribution in [0.3, 0.4) is 0 Å². The molecule has 1 aliphatic rings. The molecule has 1 atom stereocenters. The Hall–Kier alpha value is -2.35. The van der Waals surface area contributed by atoms with Gasteiger partial charge in [-0.25, -0.2) is 0 Å². The fourth-order valence-electron chi connectivity index (χ4n) is 3.96. The van der Waals surface area contributed by atoms with Gasteiger partial charge in [0.05, 0.1) is 12.0 Å². The average molecular weight is 425 g/mol. The summed E-state index contributed by atoms with van der Waals surface area (Å²) < 4.78 is 19.7. The summed E-state index contributed by atoms with van der Waals surface area (Å²) in [7, 11) is -3.04. The number of carbonyl (C=O) groups excluding carboxylic acids is 1. The Morgan fingerprint density at radius 1 is 0.966 bits per heavy atom. The lowest BCUT2D eigenvalue weighted by molar-refractivity contribution is -0.148. The maximum absolute atomic E-state index is 14.5. The molecule has 5 heteroatoms. The van der Waals surface area contributed by atoms with Gasteiger partial charge in [-0.15, -0.1) is 0 Å². The molecule has 0 saturated heterocycles. The Balaban J connectivity index is 1.99. The van der Waals surface area contributed by atoms with Crippen molar-refractivity contribution in [3.63, 3.8) is 0 Å². The second kappa shape index (κ2) is 7.16. The number of carbonyl (C=O) groups is 1.